The number of nitriles is 1. The van der Waals surface area contributed by atoms with E-state index >= 15 is 0 Å². The third-order valence-corrected chi connectivity index (χ3v) is 6.88. The quantitative estimate of drug-likeness (QED) is 0.446. The molecule has 0 spiro atoms. The standard InChI is InChI=1S/C26H24N8O/c1-16-25(35)34(21-8-4-5-17(11-21)13-27)23-15-28-26(31-24(23)33(16)20-6-2-3-7-20)30-19-9-10-22-18(12-19)14-29-32-22/h4-5,8-12,14-16,20H,2-3,6-7H2,1H3,(H,29,32)(H,28,30,31)/t16-/m1/s1. The summed E-state index contributed by atoms with van der Waals surface area (Å²) in [5, 5.41) is 20.7. The number of fused-ring (bicyclic) bond motifs is 2. The summed E-state index contributed by atoms with van der Waals surface area (Å²) in [7, 11) is 0. The minimum atomic E-state index is -0.388. The predicted molar refractivity (Wildman–Crippen MR) is 134 cm³/mol. The van der Waals surface area contributed by atoms with E-state index in [1.807, 2.05) is 31.2 Å². The number of hydrogen-bond acceptors (Lipinski definition) is 7. The van der Waals surface area contributed by atoms with E-state index in [4.69, 9.17) is 4.98 Å². The summed E-state index contributed by atoms with van der Waals surface area (Å²) in [5.74, 6) is 1.14. The van der Waals surface area contributed by atoms with Crippen molar-refractivity contribution in [1.82, 2.24) is 20.2 Å². The average molecular weight is 465 g/mol. The number of hydrogen-bond donors (Lipinski definition) is 2. The van der Waals surface area contributed by atoms with Gasteiger partial charge in [0.05, 0.1) is 35.2 Å². The lowest BCUT2D eigenvalue weighted by Crippen LogP contribution is -2.54. The summed E-state index contributed by atoms with van der Waals surface area (Å²) in [5.41, 5.74) is 3.58. The Hall–Kier alpha value is -4.45. The molecular weight excluding hydrogens is 440 g/mol. The molecule has 0 saturated heterocycles. The maximum absolute atomic E-state index is 13.7. The second kappa shape index (κ2) is 8.40. The first-order chi connectivity index (χ1) is 17.1. The first-order valence-electron chi connectivity index (χ1n) is 11.8. The van der Waals surface area contributed by atoms with Crippen LogP contribution in [0.1, 0.15) is 38.2 Å². The second-order valence-corrected chi connectivity index (χ2v) is 9.06. The Morgan fingerprint density at radius 3 is 2.83 bits per heavy atom. The Morgan fingerprint density at radius 1 is 1.14 bits per heavy atom. The molecule has 0 bridgehead atoms. The Kier molecular flexibility index (Phi) is 5.07. The van der Waals surface area contributed by atoms with E-state index in [1.54, 1.807) is 35.5 Å². The van der Waals surface area contributed by atoms with Gasteiger partial charge in [-0.05, 0) is 56.2 Å². The van der Waals surface area contributed by atoms with Crippen molar-refractivity contribution in [2.75, 3.05) is 15.1 Å². The van der Waals surface area contributed by atoms with Gasteiger partial charge in [-0.15, -0.1) is 0 Å². The van der Waals surface area contributed by atoms with Gasteiger partial charge in [0.15, 0.2) is 5.82 Å². The molecule has 174 valence electrons. The van der Waals surface area contributed by atoms with E-state index < -0.39 is 0 Å². The molecular formula is C26H24N8O. The molecule has 2 N–H and O–H groups in total. The highest BCUT2D eigenvalue weighted by atomic mass is 16.2. The first-order valence-corrected chi connectivity index (χ1v) is 11.8. The highest BCUT2D eigenvalue weighted by Gasteiger charge is 2.41. The molecule has 1 saturated carbocycles. The van der Waals surface area contributed by atoms with Crippen LogP contribution in [0.5, 0.6) is 0 Å². The van der Waals surface area contributed by atoms with Crippen molar-refractivity contribution < 1.29 is 4.79 Å². The minimum Gasteiger partial charge on any atom is -0.340 e. The topological polar surface area (TPSA) is 114 Å². The van der Waals surface area contributed by atoms with Gasteiger partial charge in [-0.25, -0.2) is 4.98 Å². The fourth-order valence-corrected chi connectivity index (χ4v) is 5.18. The van der Waals surface area contributed by atoms with Gasteiger partial charge in [-0.2, -0.15) is 15.3 Å². The van der Waals surface area contributed by atoms with E-state index in [9.17, 15) is 10.1 Å². The summed E-state index contributed by atoms with van der Waals surface area (Å²) in [4.78, 5) is 27.0. The van der Waals surface area contributed by atoms with Crippen LogP contribution in [0.3, 0.4) is 0 Å². The van der Waals surface area contributed by atoms with Crippen molar-refractivity contribution in [3.63, 3.8) is 0 Å². The number of aromatic amines is 1. The van der Waals surface area contributed by atoms with Gasteiger partial charge >= 0.3 is 0 Å². The molecule has 9 heteroatoms. The zero-order valence-electron chi connectivity index (χ0n) is 19.3. The molecule has 4 aromatic rings. The van der Waals surface area contributed by atoms with Crippen LogP contribution in [0.2, 0.25) is 0 Å². The number of carbonyl (C=O) groups is 1. The number of aromatic nitrogens is 4. The van der Waals surface area contributed by atoms with Crippen molar-refractivity contribution in [1.29, 1.82) is 5.26 Å². The molecule has 1 aliphatic heterocycles. The van der Waals surface area contributed by atoms with Crippen LogP contribution in [0.15, 0.2) is 54.9 Å². The molecule has 1 amide bonds. The maximum atomic E-state index is 13.7. The van der Waals surface area contributed by atoms with Crippen molar-refractivity contribution >= 4 is 45.6 Å². The molecule has 6 rings (SSSR count). The third kappa shape index (κ3) is 3.64. The number of nitrogens with zero attached hydrogens (tertiary/aromatic N) is 6. The Morgan fingerprint density at radius 2 is 2.00 bits per heavy atom. The van der Waals surface area contributed by atoms with E-state index in [-0.39, 0.29) is 18.0 Å². The minimum absolute atomic E-state index is 0.0470. The van der Waals surface area contributed by atoms with Crippen molar-refractivity contribution in [3.05, 3.63) is 60.4 Å². The molecule has 9 nitrogen and oxygen atoms in total. The molecule has 2 aromatic carbocycles. The molecule has 1 atom stereocenters. The molecule has 1 fully saturated rings. The summed E-state index contributed by atoms with van der Waals surface area (Å²) in [6.07, 6.45) is 7.83. The second-order valence-electron chi connectivity index (χ2n) is 9.06. The number of amides is 1. The van der Waals surface area contributed by atoms with E-state index in [0.29, 0.717) is 22.9 Å². The van der Waals surface area contributed by atoms with Crippen molar-refractivity contribution in [3.8, 4) is 6.07 Å². The first kappa shape index (κ1) is 21.1. The highest BCUT2D eigenvalue weighted by Crippen LogP contribution is 2.43. The Bertz CT molecular complexity index is 1470. The highest BCUT2D eigenvalue weighted by molar-refractivity contribution is 6.10. The summed E-state index contributed by atoms with van der Waals surface area (Å²) in [6.45, 7) is 1.94. The van der Waals surface area contributed by atoms with Crippen molar-refractivity contribution in [2.45, 2.75) is 44.7 Å². The zero-order chi connectivity index (χ0) is 23.9. The molecule has 2 aromatic heterocycles. The number of benzene rings is 2. The lowest BCUT2D eigenvalue weighted by molar-refractivity contribution is -0.119. The fraction of sp³-hybridized carbons (Fsp3) is 0.269. The van der Waals surface area contributed by atoms with E-state index in [1.165, 1.54) is 0 Å². The summed E-state index contributed by atoms with van der Waals surface area (Å²) >= 11 is 0. The van der Waals surface area contributed by atoms with Gasteiger partial charge < -0.3 is 10.2 Å². The molecule has 3 heterocycles. The fourth-order valence-electron chi connectivity index (χ4n) is 5.18. The Labute approximate surface area is 202 Å². The lowest BCUT2D eigenvalue weighted by atomic mass is 10.0. The molecule has 2 aliphatic rings. The monoisotopic (exact) mass is 464 g/mol. The van der Waals surface area contributed by atoms with Crippen LogP contribution in [-0.2, 0) is 4.79 Å². The lowest BCUT2D eigenvalue weighted by Gasteiger charge is -2.43. The molecule has 35 heavy (non-hydrogen) atoms. The van der Waals surface area contributed by atoms with E-state index in [2.05, 4.69) is 31.5 Å². The molecule has 0 unspecified atom stereocenters. The van der Waals surface area contributed by atoms with E-state index in [0.717, 1.165) is 48.1 Å². The largest absolute Gasteiger partial charge is 0.340 e. The molecule has 1 aliphatic carbocycles. The predicted octanol–water partition coefficient (Wildman–Crippen LogP) is 4.78. The van der Waals surface area contributed by atoms with Gasteiger partial charge in [0.1, 0.15) is 11.7 Å². The number of H-pyrrole nitrogens is 1. The summed E-state index contributed by atoms with van der Waals surface area (Å²) < 4.78 is 0. The van der Waals surface area contributed by atoms with Crippen LogP contribution >= 0.6 is 0 Å². The Balaban J connectivity index is 1.44. The van der Waals surface area contributed by atoms with Crippen LogP contribution in [0.4, 0.5) is 28.8 Å². The number of rotatable bonds is 4. The molecule has 0 radical (unpaired) electrons. The zero-order valence-corrected chi connectivity index (χ0v) is 19.3. The number of anilines is 5. The van der Waals surface area contributed by atoms with Gasteiger partial charge in [0.25, 0.3) is 5.91 Å². The van der Waals surface area contributed by atoms with Gasteiger partial charge in [0.2, 0.25) is 5.95 Å². The normalized spacial score (nSPS) is 18.1. The summed E-state index contributed by atoms with van der Waals surface area (Å²) in [6, 6.07) is 15.0. The van der Waals surface area contributed by atoms with Gasteiger partial charge in [0, 0.05) is 17.1 Å². The van der Waals surface area contributed by atoms with Gasteiger partial charge in [-0.3, -0.25) is 14.8 Å². The van der Waals surface area contributed by atoms with Gasteiger partial charge in [-0.1, -0.05) is 18.9 Å². The SMILES string of the molecule is C[C@@H]1C(=O)N(c2cccc(C#N)c2)c2cnc(Nc3ccc4[nH]ncc4c3)nc2N1C1CCCC1. The average Bonchev–Trinajstić information content (AvgIpc) is 3.57. The van der Waals surface area contributed by atoms with Crippen LogP contribution in [-0.4, -0.2) is 38.2 Å². The van der Waals surface area contributed by atoms with Crippen LogP contribution in [0, 0.1) is 11.3 Å². The third-order valence-electron chi connectivity index (χ3n) is 6.88. The number of carbonyl (C=O) groups excluding carboxylic acids is 1. The van der Waals surface area contributed by atoms with Crippen LogP contribution < -0.4 is 15.1 Å². The maximum Gasteiger partial charge on any atom is 0.254 e. The van der Waals surface area contributed by atoms with Crippen LogP contribution in [0.25, 0.3) is 10.9 Å². The van der Waals surface area contributed by atoms with Crippen molar-refractivity contribution in [2.24, 2.45) is 0 Å². The number of nitrogens with one attached hydrogen (secondary N) is 2. The smallest absolute Gasteiger partial charge is 0.254 e.